The standard InChI is InChI=1S/C13H14BrF4NO/c1-12(2,5-6-14)19-11(20)8-3-4-10(15)9(7-8)13(16,17)18/h3-4,7H,5-6H2,1-2H3,(H,19,20). The minimum Gasteiger partial charge on any atom is -0.347 e. The van der Waals surface area contributed by atoms with Crippen LogP contribution in [0.5, 0.6) is 0 Å². The van der Waals surface area contributed by atoms with Crippen molar-refractivity contribution in [3.8, 4) is 0 Å². The van der Waals surface area contributed by atoms with Crippen molar-refractivity contribution in [3.05, 3.63) is 35.1 Å². The van der Waals surface area contributed by atoms with Crippen molar-refractivity contribution in [2.45, 2.75) is 32.0 Å². The van der Waals surface area contributed by atoms with E-state index in [0.29, 0.717) is 23.9 Å². The number of hydrogen-bond acceptors (Lipinski definition) is 1. The van der Waals surface area contributed by atoms with Gasteiger partial charge in [0.15, 0.2) is 0 Å². The molecule has 1 aromatic carbocycles. The molecule has 1 N–H and O–H groups in total. The van der Waals surface area contributed by atoms with Crippen LogP contribution in [0.25, 0.3) is 0 Å². The van der Waals surface area contributed by atoms with E-state index in [-0.39, 0.29) is 5.56 Å². The second-order valence-electron chi connectivity index (χ2n) is 4.97. The number of nitrogens with one attached hydrogen (secondary N) is 1. The van der Waals surface area contributed by atoms with Crippen LogP contribution in [0, 0.1) is 5.82 Å². The Labute approximate surface area is 122 Å². The molecular weight excluding hydrogens is 342 g/mol. The maximum atomic E-state index is 13.1. The van der Waals surface area contributed by atoms with Crippen molar-refractivity contribution in [2.75, 3.05) is 5.33 Å². The molecule has 0 aliphatic carbocycles. The number of amides is 1. The van der Waals surface area contributed by atoms with Gasteiger partial charge < -0.3 is 5.32 Å². The molecule has 0 radical (unpaired) electrons. The molecule has 0 aromatic heterocycles. The summed E-state index contributed by atoms with van der Waals surface area (Å²) in [6.45, 7) is 3.50. The summed E-state index contributed by atoms with van der Waals surface area (Å²) in [6.07, 6.45) is -4.22. The van der Waals surface area contributed by atoms with Gasteiger partial charge in [-0.05, 0) is 38.5 Å². The van der Waals surface area contributed by atoms with E-state index in [4.69, 9.17) is 0 Å². The molecule has 112 valence electrons. The van der Waals surface area contributed by atoms with Crippen LogP contribution < -0.4 is 5.32 Å². The molecule has 0 saturated carbocycles. The zero-order valence-corrected chi connectivity index (χ0v) is 12.5. The summed E-state index contributed by atoms with van der Waals surface area (Å²) in [6, 6.07) is 2.20. The predicted octanol–water partition coefficient (Wildman–Crippen LogP) is 4.14. The van der Waals surface area contributed by atoms with Crippen LogP contribution in [0.15, 0.2) is 18.2 Å². The first-order valence-corrected chi connectivity index (χ1v) is 6.94. The van der Waals surface area contributed by atoms with Gasteiger partial charge in [0, 0.05) is 16.4 Å². The number of benzene rings is 1. The highest BCUT2D eigenvalue weighted by molar-refractivity contribution is 9.09. The van der Waals surface area contributed by atoms with Crippen molar-refractivity contribution in [1.82, 2.24) is 5.32 Å². The monoisotopic (exact) mass is 355 g/mol. The summed E-state index contributed by atoms with van der Waals surface area (Å²) in [7, 11) is 0. The molecule has 0 atom stereocenters. The Morgan fingerprint density at radius 1 is 1.30 bits per heavy atom. The molecule has 1 rings (SSSR count). The summed E-state index contributed by atoms with van der Waals surface area (Å²) >= 11 is 3.23. The van der Waals surface area contributed by atoms with Crippen LogP contribution >= 0.6 is 15.9 Å². The molecule has 0 unspecified atom stereocenters. The van der Waals surface area contributed by atoms with Crippen molar-refractivity contribution in [1.29, 1.82) is 0 Å². The average Bonchev–Trinajstić information content (AvgIpc) is 2.26. The highest BCUT2D eigenvalue weighted by Crippen LogP contribution is 2.32. The van der Waals surface area contributed by atoms with E-state index >= 15 is 0 Å². The summed E-state index contributed by atoms with van der Waals surface area (Å²) in [5.41, 5.74) is -2.24. The van der Waals surface area contributed by atoms with Crippen LogP contribution in [0.4, 0.5) is 17.6 Å². The van der Waals surface area contributed by atoms with Gasteiger partial charge in [-0.1, -0.05) is 15.9 Å². The fraction of sp³-hybridized carbons (Fsp3) is 0.462. The zero-order chi connectivity index (χ0) is 15.6. The maximum absolute atomic E-state index is 13.1. The van der Waals surface area contributed by atoms with Gasteiger partial charge in [-0.25, -0.2) is 4.39 Å². The number of rotatable bonds is 4. The number of alkyl halides is 4. The van der Waals surface area contributed by atoms with E-state index in [1.54, 1.807) is 13.8 Å². The number of hydrogen-bond donors (Lipinski definition) is 1. The van der Waals surface area contributed by atoms with Crippen molar-refractivity contribution in [2.24, 2.45) is 0 Å². The Hall–Kier alpha value is -1.11. The number of carbonyl (C=O) groups is 1. The lowest BCUT2D eigenvalue weighted by molar-refractivity contribution is -0.140. The maximum Gasteiger partial charge on any atom is 0.419 e. The average molecular weight is 356 g/mol. The highest BCUT2D eigenvalue weighted by atomic mass is 79.9. The first-order chi connectivity index (χ1) is 9.07. The lowest BCUT2D eigenvalue weighted by Crippen LogP contribution is -2.43. The minimum absolute atomic E-state index is 0.221. The van der Waals surface area contributed by atoms with Crippen LogP contribution in [-0.4, -0.2) is 16.8 Å². The lowest BCUT2D eigenvalue weighted by atomic mass is 10.0. The number of carbonyl (C=O) groups excluding carboxylic acids is 1. The fourth-order valence-electron chi connectivity index (χ4n) is 1.56. The molecule has 2 nitrogen and oxygen atoms in total. The van der Waals surface area contributed by atoms with Crippen LogP contribution in [0.1, 0.15) is 36.2 Å². The van der Waals surface area contributed by atoms with Crippen LogP contribution in [-0.2, 0) is 6.18 Å². The van der Waals surface area contributed by atoms with Gasteiger partial charge >= 0.3 is 6.18 Å². The van der Waals surface area contributed by atoms with E-state index < -0.39 is 29.0 Å². The molecule has 1 amide bonds. The van der Waals surface area contributed by atoms with E-state index in [0.717, 1.165) is 6.07 Å². The van der Waals surface area contributed by atoms with Gasteiger partial charge in [0.1, 0.15) is 5.82 Å². The normalized spacial score (nSPS) is 12.3. The van der Waals surface area contributed by atoms with Crippen molar-refractivity contribution < 1.29 is 22.4 Å². The topological polar surface area (TPSA) is 29.1 Å². The third-order valence-corrected chi connectivity index (χ3v) is 3.10. The second-order valence-corrected chi connectivity index (χ2v) is 5.76. The Morgan fingerprint density at radius 2 is 1.90 bits per heavy atom. The van der Waals surface area contributed by atoms with Crippen LogP contribution in [0.2, 0.25) is 0 Å². The molecule has 0 aliphatic heterocycles. The summed E-state index contributed by atoms with van der Waals surface area (Å²) in [5.74, 6) is -2.06. The molecule has 0 heterocycles. The quantitative estimate of drug-likeness (QED) is 0.638. The molecule has 20 heavy (non-hydrogen) atoms. The Bertz CT molecular complexity index is 500. The van der Waals surface area contributed by atoms with E-state index in [1.165, 1.54) is 0 Å². The molecule has 0 aliphatic rings. The molecule has 0 fully saturated rings. The Morgan fingerprint density at radius 3 is 2.40 bits per heavy atom. The second kappa shape index (κ2) is 6.11. The minimum atomic E-state index is -4.83. The molecule has 0 spiro atoms. The van der Waals surface area contributed by atoms with Gasteiger partial charge in [-0.3, -0.25) is 4.79 Å². The fourth-order valence-corrected chi connectivity index (χ4v) is 2.55. The first-order valence-electron chi connectivity index (χ1n) is 5.82. The van der Waals surface area contributed by atoms with Gasteiger partial charge in [0.25, 0.3) is 5.91 Å². The van der Waals surface area contributed by atoms with E-state index in [2.05, 4.69) is 21.2 Å². The van der Waals surface area contributed by atoms with Crippen molar-refractivity contribution >= 4 is 21.8 Å². The molecule has 0 bridgehead atoms. The SMILES string of the molecule is CC(C)(CCBr)NC(=O)c1ccc(F)c(C(F)(F)F)c1. The molecule has 0 saturated heterocycles. The van der Waals surface area contributed by atoms with Gasteiger partial charge in [0.05, 0.1) is 5.56 Å². The Kier molecular flexibility index (Phi) is 5.18. The van der Waals surface area contributed by atoms with Gasteiger partial charge in [-0.15, -0.1) is 0 Å². The van der Waals surface area contributed by atoms with Crippen LogP contribution in [0.3, 0.4) is 0 Å². The third kappa shape index (κ3) is 4.47. The van der Waals surface area contributed by atoms with Gasteiger partial charge in [0.2, 0.25) is 0 Å². The van der Waals surface area contributed by atoms with Crippen molar-refractivity contribution in [3.63, 3.8) is 0 Å². The highest BCUT2D eigenvalue weighted by Gasteiger charge is 2.35. The summed E-state index contributed by atoms with van der Waals surface area (Å²) < 4.78 is 50.8. The number of halogens is 5. The summed E-state index contributed by atoms with van der Waals surface area (Å²) in [5, 5.41) is 3.25. The Balaban J connectivity index is 3.01. The predicted molar refractivity (Wildman–Crippen MR) is 71.4 cm³/mol. The smallest absolute Gasteiger partial charge is 0.347 e. The molecule has 7 heteroatoms. The van der Waals surface area contributed by atoms with Gasteiger partial charge in [-0.2, -0.15) is 13.2 Å². The lowest BCUT2D eigenvalue weighted by Gasteiger charge is -2.25. The molecule has 1 aromatic rings. The zero-order valence-electron chi connectivity index (χ0n) is 10.9. The first kappa shape index (κ1) is 16.9. The molecular formula is C13H14BrF4NO. The third-order valence-electron chi connectivity index (χ3n) is 2.71. The largest absolute Gasteiger partial charge is 0.419 e. The van der Waals surface area contributed by atoms with E-state index in [1.807, 2.05) is 0 Å². The van der Waals surface area contributed by atoms with E-state index in [9.17, 15) is 22.4 Å². The summed E-state index contributed by atoms with van der Waals surface area (Å²) in [4.78, 5) is 11.9.